The number of hydrogen-bond donors (Lipinski definition) is 10. The van der Waals surface area contributed by atoms with Gasteiger partial charge in [0.05, 0.1) is 68.0 Å². The molecule has 0 unspecified atom stereocenters. The van der Waals surface area contributed by atoms with Crippen molar-refractivity contribution >= 4 is 130 Å². The van der Waals surface area contributed by atoms with Crippen molar-refractivity contribution in [3.63, 3.8) is 0 Å². The number of aromatic nitrogens is 10. The van der Waals surface area contributed by atoms with Gasteiger partial charge < -0.3 is 48.4 Å². The van der Waals surface area contributed by atoms with Crippen LogP contribution in [0.2, 0.25) is 0 Å². The molecule has 35 heteroatoms. The molecular formula is C99H96F3I2N15O15. The zero-order valence-electron chi connectivity index (χ0n) is 74.4. The first-order valence-corrected chi connectivity index (χ1v) is 43.8. The maximum Gasteiger partial charge on any atom is 0.277 e. The van der Waals surface area contributed by atoms with Crippen LogP contribution in [0, 0.1) is 75.5 Å². The number of aliphatic hydroxyl groups excluding tert-OH is 5. The largest absolute Gasteiger partial charge is 0.394 e. The second-order valence-corrected chi connectivity index (χ2v) is 32.8. The van der Waals surface area contributed by atoms with Crippen LogP contribution in [0.25, 0.3) is 55.2 Å². The smallest absolute Gasteiger partial charge is 0.277 e. The zero-order chi connectivity index (χ0) is 96.6. The van der Waals surface area contributed by atoms with Crippen LogP contribution < -0.4 is 27.4 Å². The van der Waals surface area contributed by atoms with Crippen LogP contribution in [-0.4, -0.2) is 168 Å². The maximum absolute atomic E-state index is 14.4. The fraction of sp³-hybridized carbons (Fsp3) is 0.232. The number of benzene rings is 5. The van der Waals surface area contributed by atoms with E-state index in [1.807, 2.05) is 53.6 Å². The summed E-state index contributed by atoms with van der Waals surface area (Å²) in [4.78, 5) is 110. The number of pyridine rings is 5. The summed E-state index contributed by atoms with van der Waals surface area (Å²) in [6.45, 7) is 4.68. The van der Waals surface area contributed by atoms with E-state index in [1.54, 1.807) is 152 Å². The minimum atomic E-state index is -1.05. The first-order chi connectivity index (χ1) is 64.5. The van der Waals surface area contributed by atoms with Crippen molar-refractivity contribution < 1.29 is 86.9 Å². The lowest BCUT2D eigenvalue weighted by atomic mass is 10.0. The van der Waals surface area contributed by atoms with Crippen LogP contribution in [0.4, 0.5) is 13.2 Å². The van der Waals surface area contributed by atoms with Crippen molar-refractivity contribution in [2.24, 2.45) is 35.2 Å². The number of hydroxylamine groups is 5. The third-order valence-corrected chi connectivity index (χ3v) is 23.0. The summed E-state index contributed by atoms with van der Waals surface area (Å²) in [5, 5.41) is 48.7. The van der Waals surface area contributed by atoms with Gasteiger partial charge in [0.2, 0.25) is 0 Å². The van der Waals surface area contributed by atoms with Gasteiger partial charge in [-0.1, -0.05) is 48.1 Å². The lowest BCUT2D eigenvalue weighted by molar-refractivity contribution is -0.0296. The van der Waals surface area contributed by atoms with Gasteiger partial charge in [-0.25, -0.2) is 65.5 Å². The zero-order valence-corrected chi connectivity index (χ0v) is 78.7. The molecule has 30 nitrogen and oxygen atoms in total. The molecule has 0 aliphatic rings. The molecule has 0 fully saturated rings. The normalized spacial score (nSPS) is 11.4. The number of carbonyl (C=O) groups is 5. The lowest BCUT2D eigenvalue weighted by Crippen LogP contribution is -2.30. The predicted molar refractivity (Wildman–Crippen MR) is 515 cm³/mol. The Bertz CT molecular complexity index is 6810. The number of aliphatic hydroxyl groups is 5. The van der Waals surface area contributed by atoms with Crippen LogP contribution in [0.3, 0.4) is 0 Å². The Labute approximate surface area is 796 Å². The second-order valence-electron chi connectivity index (χ2n) is 30.3. The van der Waals surface area contributed by atoms with E-state index in [2.05, 4.69) is 153 Å². The molecule has 0 saturated heterocycles. The van der Waals surface area contributed by atoms with Crippen molar-refractivity contribution in [1.29, 1.82) is 0 Å². The molecule has 10 aromatic heterocycles. The Morgan fingerprint density at radius 2 is 0.657 bits per heavy atom. The molecule has 692 valence electrons. The van der Waals surface area contributed by atoms with Gasteiger partial charge in [0.15, 0.2) is 0 Å². The van der Waals surface area contributed by atoms with E-state index in [0.29, 0.717) is 142 Å². The number of carbonyl (C=O) groups excluding carboxylic acids is 5. The Balaban J connectivity index is 0.000000161. The molecule has 15 rings (SSSR count). The average molecular weight is 2050 g/mol. The van der Waals surface area contributed by atoms with Crippen molar-refractivity contribution in [3.05, 3.63) is 319 Å². The standard InChI is InChI=1S/C20H18FN3O3.C20H18FN3O2.2C20H22IN3O4.C19H16FN3O2/c1-3-13-6-7-14(16(21)11-13)12-17-18(20(26)23-27-10-9-25)15-5-4-8-22-19(15)24(17)2;1-4-13-8-9-14(16(21)11-13)12-17-18(20(25)23-26-5-2)15-7-6-10-22-19(15)24(17)3;2*1-12-8-14(21)6-5-13(12)9-17-18(20(27)23-28-11-15(26)10-25)16-4-3-7-22-19(16)24(17)2;1-4-12-7-8-13(15(20)10-12)11-16-17(19(24)22-25-3)14-6-5-9-21-18(14)23(16)2/h1,4-8,11,25H,9-10,12H2,2H3,(H,23,26);1,6-11H,5,12H2,2-3H3,(H,23,25);2*3-8,15,25-26H,9-11H2,1-2H3,(H,23,27);1,5-10H,11H2,2-3H3,(H,22,24)/t;;2*15-;/m..10./s1. The van der Waals surface area contributed by atoms with Crippen molar-refractivity contribution in [2.45, 2.75) is 65.1 Å². The third kappa shape index (κ3) is 24.1. The summed E-state index contributed by atoms with van der Waals surface area (Å²) >= 11 is 4.56. The fourth-order valence-electron chi connectivity index (χ4n) is 15.0. The van der Waals surface area contributed by atoms with Crippen molar-refractivity contribution in [1.82, 2.24) is 75.2 Å². The number of hydrogen-bond acceptors (Lipinski definition) is 20. The molecule has 0 saturated carbocycles. The molecule has 0 radical (unpaired) electrons. The highest BCUT2D eigenvalue weighted by Crippen LogP contribution is 2.34. The number of aryl methyl sites for hydroxylation is 7. The molecule has 15 aromatic rings. The highest BCUT2D eigenvalue weighted by molar-refractivity contribution is 14.1. The predicted octanol–water partition coefficient (Wildman–Crippen LogP) is 11.7. The Hall–Kier alpha value is -13.6. The monoisotopic (exact) mass is 2050 g/mol. The molecule has 10 N–H and O–H groups in total. The van der Waals surface area contributed by atoms with Crippen LogP contribution in [0.5, 0.6) is 0 Å². The van der Waals surface area contributed by atoms with Gasteiger partial charge in [-0.05, 0) is 226 Å². The summed E-state index contributed by atoms with van der Waals surface area (Å²) in [7, 11) is 10.5. The highest BCUT2D eigenvalue weighted by atomic mass is 127. The number of amides is 5. The number of nitrogens with zero attached hydrogens (tertiary/aromatic N) is 10. The molecule has 0 aliphatic carbocycles. The van der Waals surface area contributed by atoms with Crippen LogP contribution >= 0.6 is 45.2 Å². The van der Waals surface area contributed by atoms with Gasteiger partial charge in [-0.15, -0.1) is 19.3 Å². The Kier molecular flexibility index (Phi) is 35.9. The molecule has 0 aliphatic heterocycles. The molecule has 0 bridgehead atoms. The van der Waals surface area contributed by atoms with E-state index in [0.717, 1.165) is 51.6 Å². The lowest BCUT2D eigenvalue weighted by Gasteiger charge is -2.12. The number of rotatable bonds is 29. The summed E-state index contributed by atoms with van der Waals surface area (Å²) in [6.07, 6.45) is 23.9. The number of halogens is 5. The molecular weight excluding hydrogens is 1950 g/mol. The van der Waals surface area contributed by atoms with Crippen molar-refractivity contribution in [3.8, 4) is 37.0 Å². The quantitative estimate of drug-likeness (QED) is 0.00901. The fourth-order valence-corrected chi connectivity index (χ4v) is 16.3. The minimum absolute atomic E-state index is 0.0354. The number of nitrogens with one attached hydrogen (secondary N) is 5. The van der Waals surface area contributed by atoms with Gasteiger partial charge in [0, 0.05) is 178 Å². The topological polar surface area (TPSA) is 382 Å². The first-order valence-electron chi connectivity index (χ1n) is 41.6. The number of fused-ring (bicyclic) bond motifs is 5. The van der Waals surface area contributed by atoms with Crippen LogP contribution in [0.15, 0.2) is 183 Å². The van der Waals surface area contributed by atoms with Gasteiger partial charge in [0.25, 0.3) is 29.5 Å². The first kappa shape index (κ1) is 101. The third-order valence-electron chi connectivity index (χ3n) is 21.7. The molecule has 5 aromatic carbocycles. The molecule has 2 atom stereocenters. The minimum Gasteiger partial charge on any atom is -0.394 e. The van der Waals surface area contributed by atoms with Gasteiger partial charge in [-0.2, -0.15) is 0 Å². The van der Waals surface area contributed by atoms with E-state index in [-0.39, 0.29) is 51.6 Å². The Morgan fingerprint density at radius 3 is 0.903 bits per heavy atom. The molecule has 10 heterocycles. The van der Waals surface area contributed by atoms with E-state index in [4.69, 9.17) is 58.8 Å². The van der Waals surface area contributed by atoms with Gasteiger partial charge in [0.1, 0.15) is 71.1 Å². The molecule has 5 amide bonds. The van der Waals surface area contributed by atoms with E-state index in [1.165, 1.54) is 25.3 Å². The summed E-state index contributed by atoms with van der Waals surface area (Å²) in [6, 6.07) is 44.1. The Morgan fingerprint density at radius 1 is 0.396 bits per heavy atom. The SMILES string of the molecule is C#Cc1ccc(Cc2c(C(=O)NOC)c3cccnc3n2C)c(F)c1.C#Cc1ccc(Cc2c(C(=O)NOCC)c3cccnc3n2C)c(F)c1.C#Cc1ccc(Cc2c(C(=O)NOCCO)c3cccnc3n2C)c(F)c1.Cc1cc(I)ccc1Cc1c(C(=O)NOC[C@@H](O)CO)c2cccnc2n1C.Cc1cc(I)ccc1Cc1c(C(=O)NOC[C@H](O)CO)c2cccnc2n1C. The summed E-state index contributed by atoms with van der Waals surface area (Å²) in [5.74, 6) is 3.84. The summed E-state index contributed by atoms with van der Waals surface area (Å²) in [5.41, 5.74) is 28.0. The van der Waals surface area contributed by atoms with E-state index < -0.39 is 66.5 Å². The van der Waals surface area contributed by atoms with Crippen LogP contribution in [0.1, 0.15) is 143 Å². The summed E-state index contributed by atoms with van der Waals surface area (Å²) < 4.78 is 54.7. The van der Waals surface area contributed by atoms with Crippen molar-refractivity contribution in [2.75, 3.05) is 53.4 Å². The van der Waals surface area contributed by atoms with E-state index >= 15 is 0 Å². The number of terminal acetylenes is 3. The second kappa shape index (κ2) is 47.7. The average Bonchev–Trinajstić information content (AvgIpc) is 1.64. The molecule has 134 heavy (non-hydrogen) atoms. The van der Waals surface area contributed by atoms with E-state index in [9.17, 15) is 47.4 Å². The highest BCUT2D eigenvalue weighted by Gasteiger charge is 2.30. The van der Waals surface area contributed by atoms with Crippen LogP contribution in [-0.2, 0) is 91.5 Å². The maximum atomic E-state index is 14.4. The van der Waals surface area contributed by atoms with Gasteiger partial charge >= 0.3 is 0 Å². The molecule has 0 spiro atoms. The van der Waals surface area contributed by atoms with Gasteiger partial charge in [-0.3, -0.25) is 48.2 Å².